The summed E-state index contributed by atoms with van der Waals surface area (Å²) < 4.78 is 6.83. The Morgan fingerprint density at radius 3 is 2.29 bits per heavy atom. The zero-order valence-electron chi connectivity index (χ0n) is 20.2. The number of ether oxygens (including phenoxy) is 1. The number of esters is 1. The number of nitrogens with zero attached hydrogens (tertiary/aromatic N) is 4. The van der Waals surface area contributed by atoms with E-state index in [0.717, 1.165) is 41.4 Å². The molecule has 1 amide bonds. The fourth-order valence-corrected chi connectivity index (χ4v) is 4.50. The van der Waals surface area contributed by atoms with E-state index in [1.165, 1.54) is 7.11 Å². The van der Waals surface area contributed by atoms with Crippen LogP contribution in [-0.2, 0) is 9.53 Å². The molecule has 0 atom stereocenters. The molecule has 7 heteroatoms. The van der Waals surface area contributed by atoms with Gasteiger partial charge in [-0.25, -0.2) is 4.79 Å². The zero-order valence-corrected chi connectivity index (χ0v) is 20.2. The van der Waals surface area contributed by atoms with Crippen LogP contribution in [0.3, 0.4) is 0 Å². The van der Waals surface area contributed by atoms with E-state index in [2.05, 4.69) is 23.1 Å². The summed E-state index contributed by atoms with van der Waals surface area (Å²) in [6, 6.07) is 21.3. The van der Waals surface area contributed by atoms with Crippen LogP contribution in [0.25, 0.3) is 11.8 Å². The summed E-state index contributed by atoms with van der Waals surface area (Å²) in [6.45, 7) is 6.45. The van der Waals surface area contributed by atoms with Crippen molar-refractivity contribution >= 4 is 23.6 Å². The summed E-state index contributed by atoms with van der Waals surface area (Å²) in [5.74, 6) is -0.656. The number of anilines is 1. The standard InChI is InChI=1S/C28H28N4O3/c1-20-16-23(21(2)32(20)26-11-7-8-22(18-26)28(34)35-3)17-24(19-29)27(33)31-14-12-30(13-15-31)25-9-5-4-6-10-25/h4-11,16-18H,12-15H2,1-3H3/b24-17+. The van der Waals surface area contributed by atoms with Gasteiger partial charge >= 0.3 is 5.97 Å². The van der Waals surface area contributed by atoms with Crippen LogP contribution in [0.5, 0.6) is 0 Å². The number of carbonyl (C=O) groups excluding carboxylic acids is 2. The molecule has 4 rings (SSSR count). The number of hydrogen-bond acceptors (Lipinski definition) is 5. The molecule has 0 spiro atoms. The van der Waals surface area contributed by atoms with Gasteiger partial charge in [0.25, 0.3) is 5.91 Å². The molecule has 0 N–H and O–H groups in total. The van der Waals surface area contributed by atoms with Crippen molar-refractivity contribution in [2.75, 3.05) is 38.2 Å². The first-order valence-corrected chi connectivity index (χ1v) is 11.5. The summed E-state index contributed by atoms with van der Waals surface area (Å²) in [5, 5.41) is 9.79. The van der Waals surface area contributed by atoms with Crippen molar-refractivity contribution in [1.82, 2.24) is 9.47 Å². The molecule has 0 saturated carbocycles. The number of rotatable bonds is 5. The molecular formula is C28H28N4O3. The number of para-hydroxylation sites is 1. The lowest BCUT2D eigenvalue weighted by Crippen LogP contribution is -2.49. The highest BCUT2D eigenvalue weighted by atomic mass is 16.5. The second kappa shape index (κ2) is 10.3. The van der Waals surface area contributed by atoms with Crippen LogP contribution in [0.2, 0.25) is 0 Å². The summed E-state index contributed by atoms with van der Waals surface area (Å²) >= 11 is 0. The number of hydrogen-bond donors (Lipinski definition) is 0. The molecule has 1 aliphatic heterocycles. The molecule has 35 heavy (non-hydrogen) atoms. The average Bonchev–Trinajstić information content (AvgIpc) is 3.19. The Morgan fingerprint density at radius 1 is 0.943 bits per heavy atom. The van der Waals surface area contributed by atoms with Gasteiger partial charge in [0.1, 0.15) is 11.6 Å². The third-order valence-electron chi connectivity index (χ3n) is 6.33. The lowest BCUT2D eigenvalue weighted by Gasteiger charge is -2.36. The highest BCUT2D eigenvalue weighted by Crippen LogP contribution is 2.24. The van der Waals surface area contributed by atoms with E-state index in [1.807, 2.05) is 48.7 Å². The van der Waals surface area contributed by atoms with E-state index in [1.54, 1.807) is 29.2 Å². The van der Waals surface area contributed by atoms with Crippen molar-refractivity contribution in [2.45, 2.75) is 13.8 Å². The predicted molar refractivity (Wildman–Crippen MR) is 135 cm³/mol. The molecule has 2 heterocycles. The zero-order chi connectivity index (χ0) is 24.9. The van der Waals surface area contributed by atoms with E-state index in [0.29, 0.717) is 18.7 Å². The van der Waals surface area contributed by atoms with Crippen LogP contribution in [0, 0.1) is 25.2 Å². The Balaban J connectivity index is 1.55. The van der Waals surface area contributed by atoms with Crippen LogP contribution >= 0.6 is 0 Å². The van der Waals surface area contributed by atoms with Crippen molar-refractivity contribution in [3.63, 3.8) is 0 Å². The van der Waals surface area contributed by atoms with E-state index in [-0.39, 0.29) is 11.5 Å². The molecule has 7 nitrogen and oxygen atoms in total. The number of nitriles is 1. The fraction of sp³-hybridized carbons (Fsp3) is 0.250. The second-order valence-corrected chi connectivity index (χ2v) is 8.49. The van der Waals surface area contributed by atoms with Gasteiger partial charge in [-0.1, -0.05) is 24.3 Å². The Morgan fingerprint density at radius 2 is 1.63 bits per heavy atom. The molecule has 0 bridgehead atoms. The minimum absolute atomic E-state index is 0.113. The number of amides is 1. The van der Waals surface area contributed by atoms with Gasteiger partial charge in [-0.05, 0) is 61.9 Å². The predicted octanol–water partition coefficient (Wildman–Crippen LogP) is 4.14. The highest BCUT2D eigenvalue weighted by Gasteiger charge is 2.24. The van der Waals surface area contributed by atoms with Gasteiger partial charge in [-0.3, -0.25) is 4.79 Å². The molecule has 0 radical (unpaired) electrons. The molecule has 1 aromatic heterocycles. The van der Waals surface area contributed by atoms with Crippen LogP contribution in [0.15, 0.2) is 66.2 Å². The topological polar surface area (TPSA) is 78.6 Å². The van der Waals surface area contributed by atoms with Crippen molar-refractivity contribution < 1.29 is 14.3 Å². The van der Waals surface area contributed by atoms with Gasteiger partial charge in [0.15, 0.2) is 0 Å². The van der Waals surface area contributed by atoms with Crippen LogP contribution in [0.1, 0.15) is 27.3 Å². The van der Waals surface area contributed by atoms with Gasteiger partial charge < -0.3 is 19.1 Å². The van der Waals surface area contributed by atoms with E-state index >= 15 is 0 Å². The maximum absolute atomic E-state index is 13.2. The first-order valence-electron chi connectivity index (χ1n) is 11.5. The molecule has 1 aliphatic rings. The molecule has 2 aromatic carbocycles. The van der Waals surface area contributed by atoms with E-state index in [4.69, 9.17) is 4.74 Å². The summed E-state index contributed by atoms with van der Waals surface area (Å²) in [6.07, 6.45) is 1.66. The Hall–Kier alpha value is -4.31. The molecule has 1 saturated heterocycles. The monoisotopic (exact) mass is 468 g/mol. The maximum atomic E-state index is 13.2. The third-order valence-corrected chi connectivity index (χ3v) is 6.33. The molecule has 178 valence electrons. The van der Waals surface area contributed by atoms with Crippen LogP contribution < -0.4 is 4.90 Å². The number of aromatic nitrogens is 1. The van der Waals surface area contributed by atoms with Gasteiger partial charge in [0.05, 0.1) is 12.7 Å². The molecule has 3 aromatic rings. The Labute approximate surface area is 205 Å². The van der Waals surface area contributed by atoms with Crippen molar-refractivity contribution in [1.29, 1.82) is 5.26 Å². The van der Waals surface area contributed by atoms with Crippen LogP contribution in [-0.4, -0.2) is 54.6 Å². The smallest absolute Gasteiger partial charge is 0.337 e. The van der Waals surface area contributed by atoms with Gasteiger partial charge in [-0.2, -0.15) is 5.26 Å². The lowest BCUT2D eigenvalue weighted by atomic mass is 10.1. The third kappa shape index (κ3) is 4.97. The normalized spacial score (nSPS) is 13.9. The minimum atomic E-state index is -0.404. The van der Waals surface area contributed by atoms with Gasteiger partial charge in [0, 0.05) is 48.9 Å². The van der Waals surface area contributed by atoms with Crippen molar-refractivity contribution in [3.05, 3.63) is 88.8 Å². The summed E-state index contributed by atoms with van der Waals surface area (Å²) in [7, 11) is 1.35. The second-order valence-electron chi connectivity index (χ2n) is 8.49. The van der Waals surface area contributed by atoms with Crippen molar-refractivity contribution in [2.24, 2.45) is 0 Å². The van der Waals surface area contributed by atoms with Crippen LogP contribution in [0.4, 0.5) is 5.69 Å². The number of piperazine rings is 1. The molecule has 0 aliphatic carbocycles. The molecule has 0 unspecified atom stereocenters. The van der Waals surface area contributed by atoms with Gasteiger partial charge in [0.2, 0.25) is 0 Å². The number of benzene rings is 2. The van der Waals surface area contributed by atoms with E-state index < -0.39 is 5.97 Å². The van der Waals surface area contributed by atoms with E-state index in [9.17, 15) is 14.9 Å². The minimum Gasteiger partial charge on any atom is -0.465 e. The van der Waals surface area contributed by atoms with Crippen molar-refractivity contribution in [3.8, 4) is 11.8 Å². The fourth-order valence-electron chi connectivity index (χ4n) is 4.50. The SMILES string of the molecule is COC(=O)c1cccc(-n2c(C)cc(/C=C(\C#N)C(=O)N3CCN(c4ccccc4)CC3)c2C)c1. The molecular weight excluding hydrogens is 440 g/mol. The van der Waals surface area contributed by atoms with Gasteiger partial charge in [-0.15, -0.1) is 0 Å². The summed E-state index contributed by atoms with van der Waals surface area (Å²) in [4.78, 5) is 29.1. The number of carbonyl (C=O) groups is 2. The highest BCUT2D eigenvalue weighted by molar-refractivity contribution is 6.02. The average molecular weight is 469 g/mol. The largest absolute Gasteiger partial charge is 0.465 e. The Bertz CT molecular complexity index is 1310. The lowest BCUT2D eigenvalue weighted by molar-refractivity contribution is -0.126. The maximum Gasteiger partial charge on any atom is 0.337 e. The first kappa shape index (κ1) is 23.8. The number of aryl methyl sites for hydroxylation is 1. The summed E-state index contributed by atoms with van der Waals surface area (Å²) in [5.41, 5.74) is 5.11. The quantitative estimate of drug-likeness (QED) is 0.320. The number of methoxy groups -OCH3 is 1. The Kier molecular flexibility index (Phi) is 7.02. The first-order chi connectivity index (χ1) is 16.9. The molecule has 1 fully saturated rings.